The van der Waals surface area contributed by atoms with Crippen molar-refractivity contribution >= 4 is 58.0 Å². The Balaban J connectivity index is 2.27. The van der Waals surface area contributed by atoms with Crippen LogP contribution < -0.4 is 5.32 Å². The number of hydrogen-bond acceptors (Lipinski definition) is 1. The molecule has 0 atom stereocenters. The van der Waals surface area contributed by atoms with E-state index in [0.29, 0.717) is 31.3 Å². The number of halogens is 4. The predicted molar refractivity (Wildman–Crippen MR) is 85.6 cm³/mol. The van der Waals surface area contributed by atoms with E-state index in [-0.39, 0.29) is 5.91 Å². The van der Waals surface area contributed by atoms with Gasteiger partial charge < -0.3 is 5.32 Å². The van der Waals surface area contributed by atoms with Gasteiger partial charge in [-0.25, -0.2) is 0 Å². The largest absolute Gasteiger partial charge is 0.321 e. The Labute approximate surface area is 136 Å². The van der Waals surface area contributed by atoms with Crippen LogP contribution in [0.15, 0.2) is 30.3 Å². The molecule has 2 nitrogen and oxygen atoms in total. The molecule has 0 heterocycles. The molecule has 1 N–H and O–H groups in total. The highest BCUT2D eigenvalue weighted by atomic mass is 35.5. The van der Waals surface area contributed by atoms with Crippen LogP contribution in [0.2, 0.25) is 20.1 Å². The summed E-state index contributed by atoms with van der Waals surface area (Å²) in [7, 11) is 0. The normalized spacial score (nSPS) is 10.4. The second-order valence-corrected chi connectivity index (χ2v) is 5.79. The first kappa shape index (κ1) is 15.5. The molecule has 0 saturated heterocycles. The maximum atomic E-state index is 12.1. The standard InChI is InChI=1S/C14H9Cl4NO/c1-7-2-3-8(4-9(7)15)14(20)19-13-6-11(17)10(16)5-12(13)18/h2-6H,1H3,(H,19,20). The molecule has 0 saturated carbocycles. The average Bonchev–Trinajstić information content (AvgIpc) is 2.39. The van der Waals surface area contributed by atoms with Crippen molar-refractivity contribution in [1.82, 2.24) is 0 Å². The molecule has 2 rings (SSSR count). The van der Waals surface area contributed by atoms with Gasteiger partial charge in [-0.2, -0.15) is 0 Å². The van der Waals surface area contributed by atoms with Gasteiger partial charge in [0.2, 0.25) is 0 Å². The van der Waals surface area contributed by atoms with E-state index in [9.17, 15) is 4.79 Å². The number of carbonyl (C=O) groups is 1. The highest BCUT2D eigenvalue weighted by Gasteiger charge is 2.12. The minimum atomic E-state index is -0.327. The summed E-state index contributed by atoms with van der Waals surface area (Å²) in [6, 6.07) is 8.02. The Kier molecular flexibility index (Phi) is 4.82. The van der Waals surface area contributed by atoms with Gasteiger partial charge in [0, 0.05) is 10.6 Å². The van der Waals surface area contributed by atoms with Crippen molar-refractivity contribution in [2.75, 3.05) is 5.32 Å². The molecule has 0 radical (unpaired) electrons. The van der Waals surface area contributed by atoms with E-state index in [0.717, 1.165) is 5.56 Å². The molecular formula is C14H9Cl4NO. The van der Waals surface area contributed by atoms with Crippen LogP contribution in [-0.4, -0.2) is 5.91 Å². The molecule has 0 aliphatic heterocycles. The first-order valence-corrected chi connectivity index (χ1v) is 7.11. The van der Waals surface area contributed by atoms with Crippen LogP contribution in [0.3, 0.4) is 0 Å². The minimum absolute atomic E-state index is 0.311. The zero-order chi connectivity index (χ0) is 14.9. The molecule has 2 aromatic rings. The Morgan fingerprint density at radius 1 is 0.900 bits per heavy atom. The minimum Gasteiger partial charge on any atom is -0.321 e. The lowest BCUT2D eigenvalue weighted by Crippen LogP contribution is -2.12. The summed E-state index contributed by atoms with van der Waals surface area (Å²) in [5, 5.41) is 4.15. The van der Waals surface area contributed by atoms with Crippen molar-refractivity contribution in [3.8, 4) is 0 Å². The summed E-state index contributed by atoms with van der Waals surface area (Å²) < 4.78 is 0. The van der Waals surface area contributed by atoms with Crippen molar-refractivity contribution < 1.29 is 4.79 Å². The van der Waals surface area contributed by atoms with Crippen molar-refractivity contribution in [2.45, 2.75) is 6.92 Å². The molecule has 104 valence electrons. The van der Waals surface area contributed by atoms with Gasteiger partial charge in [0.25, 0.3) is 5.91 Å². The molecule has 0 spiro atoms. The van der Waals surface area contributed by atoms with Crippen LogP contribution >= 0.6 is 46.4 Å². The van der Waals surface area contributed by atoms with E-state index in [1.807, 2.05) is 6.92 Å². The molecule has 0 fully saturated rings. The maximum Gasteiger partial charge on any atom is 0.255 e. The molecule has 0 unspecified atom stereocenters. The Bertz CT molecular complexity index is 685. The monoisotopic (exact) mass is 347 g/mol. The van der Waals surface area contributed by atoms with Crippen LogP contribution in [0, 0.1) is 6.92 Å². The van der Waals surface area contributed by atoms with Crippen LogP contribution in [0.4, 0.5) is 5.69 Å². The van der Waals surface area contributed by atoms with Gasteiger partial charge in [-0.3, -0.25) is 4.79 Å². The number of carbonyl (C=O) groups excluding carboxylic acids is 1. The van der Waals surface area contributed by atoms with Crippen molar-refractivity contribution in [2.24, 2.45) is 0 Å². The number of nitrogens with one attached hydrogen (secondary N) is 1. The Hall–Kier alpha value is -0.930. The van der Waals surface area contributed by atoms with Crippen molar-refractivity contribution in [3.63, 3.8) is 0 Å². The Morgan fingerprint density at radius 2 is 1.55 bits per heavy atom. The Morgan fingerprint density at radius 3 is 2.20 bits per heavy atom. The van der Waals surface area contributed by atoms with Gasteiger partial charge in [-0.1, -0.05) is 52.5 Å². The molecule has 0 aliphatic carbocycles. The fourth-order valence-electron chi connectivity index (χ4n) is 1.55. The lowest BCUT2D eigenvalue weighted by molar-refractivity contribution is 0.102. The van der Waals surface area contributed by atoms with Crippen molar-refractivity contribution in [1.29, 1.82) is 0 Å². The summed E-state index contributed by atoms with van der Waals surface area (Å²) in [6.45, 7) is 1.86. The van der Waals surface area contributed by atoms with E-state index < -0.39 is 0 Å². The lowest BCUT2D eigenvalue weighted by atomic mass is 10.1. The highest BCUT2D eigenvalue weighted by molar-refractivity contribution is 6.44. The number of amides is 1. The van der Waals surface area contributed by atoms with Gasteiger partial charge in [-0.15, -0.1) is 0 Å². The third kappa shape index (κ3) is 3.39. The van der Waals surface area contributed by atoms with Crippen LogP contribution in [-0.2, 0) is 0 Å². The first-order valence-electron chi connectivity index (χ1n) is 5.60. The molecule has 2 aromatic carbocycles. The molecule has 0 aliphatic rings. The number of hydrogen-bond donors (Lipinski definition) is 1. The molecule has 20 heavy (non-hydrogen) atoms. The van der Waals surface area contributed by atoms with Gasteiger partial charge >= 0.3 is 0 Å². The van der Waals surface area contributed by atoms with Crippen LogP contribution in [0.25, 0.3) is 0 Å². The second-order valence-electron chi connectivity index (χ2n) is 4.16. The molecule has 1 amide bonds. The molecule has 0 bridgehead atoms. The second kappa shape index (κ2) is 6.23. The SMILES string of the molecule is Cc1ccc(C(=O)Nc2cc(Cl)c(Cl)cc2Cl)cc1Cl. The predicted octanol–water partition coefficient (Wildman–Crippen LogP) is 5.86. The average molecular weight is 349 g/mol. The zero-order valence-corrected chi connectivity index (χ0v) is 13.3. The van der Waals surface area contributed by atoms with Gasteiger partial charge in [0.05, 0.1) is 20.8 Å². The summed E-state index contributed by atoms with van der Waals surface area (Å²) in [6.07, 6.45) is 0. The number of anilines is 1. The molecular weight excluding hydrogens is 340 g/mol. The van der Waals surface area contributed by atoms with E-state index in [4.69, 9.17) is 46.4 Å². The number of rotatable bonds is 2. The summed E-state index contributed by atoms with van der Waals surface area (Å²) >= 11 is 23.7. The van der Waals surface area contributed by atoms with Crippen molar-refractivity contribution in [3.05, 3.63) is 61.5 Å². The van der Waals surface area contributed by atoms with E-state index >= 15 is 0 Å². The summed E-state index contributed by atoms with van der Waals surface area (Å²) in [5.41, 5.74) is 1.72. The summed E-state index contributed by atoms with van der Waals surface area (Å²) in [5.74, 6) is -0.327. The first-order chi connectivity index (χ1) is 9.38. The zero-order valence-electron chi connectivity index (χ0n) is 10.3. The number of benzene rings is 2. The van der Waals surface area contributed by atoms with Gasteiger partial charge in [0.1, 0.15) is 0 Å². The quantitative estimate of drug-likeness (QED) is 0.676. The fraction of sp³-hybridized carbons (Fsp3) is 0.0714. The fourth-order valence-corrected chi connectivity index (χ4v) is 2.32. The molecule has 0 aromatic heterocycles. The maximum absolute atomic E-state index is 12.1. The smallest absolute Gasteiger partial charge is 0.255 e. The van der Waals surface area contributed by atoms with Gasteiger partial charge in [0.15, 0.2) is 0 Å². The van der Waals surface area contributed by atoms with E-state index in [1.54, 1.807) is 18.2 Å². The third-order valence-electron chi connectivity index (χ3n) is 2.69. The van der Waals surface area contributed by atoms with Crippen LogP contribution in [0.1, 0.15) is 15.9 Å². The van der Waals surface area contributed by atoms with Crippen LogP contribution in [0.5, 0.6) is 0 Å². The van der Waals surface area contributed by atoms with E-state index in [1.165, 1.54) is 12.1 Å². The van der Waals surface area contributed by atoms with Gasteiger partial charge in [-0.05, 0) is 36.8 Å². The third-order valence-corrected chi connectivity index (χ3v) is 4.13. The van der Waals surface area contributed by atoms with E-state index in [2.05, 4.69) is 5.32 Å². The lowest BCUT2D eigenvalue weighted by Gasteiger charge is -2.09. The topological polar surface area (TPSA) is 29.1 Å². The molecule has 6 heteroatoms. The summed E-state index contributed by atoms with van der Waals surface area (Å²) in [4.78, 5) is 12.1. The number of aryl methyl sites for hydroxylation is 1. The highest BCUT2D eigenvalue weighted by Crippen LogP contribution is 2.32.